The number of nitrogens with one attached hydrogen (secondary N) is 1. The first kappa shape index (κ1) is 21.3. The Balaban J connectivity index is 1.46. The Bertz CT molecular complexity index is 1000. The fourth-order valence-corrected chi connectivity index (χ4v) is 4.05. The van der Waals surface area contributed by atoms with Gasteiger partial charge in [0.25, 0.3) is 5.91 Å². The van der Waals surface area contributed by atoms with Crippen LogP contribution < -0.4 is 20.5 Å². The molecule has 0 spiro atoms. The van der Waals surface area contributed by atoms with Crippen molar-refractivity contribution in [1.29, 1.82) is 0 Å². The summed E-state index contributed by atoms with van der Waals surface area (Å²) in [6.45, 7) is 4.46. The highest BCUT2D eigenvalue weighted by Crippen LogP contribution is 2.34. The summed E-state index contributed by atoms with van der Waals surface area (Å²) in [6, 6.07) is 5.08. The number of hydrogen-bond acceptors (Lipinski definition) is 7. The van der Waals surface area contributed by atoms with Gasteiger partial charge in [0.15, 0.2) is 0 Å². The van der Waals surface area contributed by atoms with E-state index in [1.54, 1.807) is 24.4 Å². The monoisotopic (exact) mass is 429 g/mol. The Morgan fingerprint density at radius 2 is 2.19 bits per heavy atom. The second-order valence-corrected chi connectivity index (χ2v) is 8.44. The van der Waals surface area contributed by atoms with Crippen LogP contribution in [0.5, 0.6) is 11.6 Å². The summed E-state index contributed by atoms with van der Waals surface area (Å²) in [7, 11) is 0. The maximum absolute atomic E-state index is 12.2. The number of rotatable bonds is 8. The van der Waals surface area contributed by atoms with E-state index in [0.717, 1.165) is 5.39 Å². The standard InChI is InChI=1S/C22H27N3O6/c1-12(2)31-18-9-15-13(7-16(18)19(23)26)3-5-24-21(15)30-6-4-14-8-17(20(27)25-14)22(28)10-29-11-22/h3,5,7,9,12,14,17,28H,4,6,8,10-11H2,1-2H3,(H2,23,26)(H,25,27)/t14-,17?/m1/s1. The van der Waals surface area contributed by atoms with Gasteiger partial charge in [-0.2, -0.15) is 0 Å². The van der Waals surface area contributed by atoms with Gasteiger partial charge >= 0.3 is 0 Å². The van der Waals surface area contributed by atoms with E-state index in [2.05, 4.69) is 10.3 Å². The molecule has 1 unspecified atom stereocenters. The van der Waals surface area contributed by atoms with Crippen LogP contribution in [0.4, 0.5) is 0 Å². The molecule has 1 aromatic heterocycles. The number of aliphatic hydroxyl groups is 1. The lowest BCUT2D eigenvalue weighted by Crippen LogP contribution is -2.57. The van der Waals surface area contributed by atoms with Gasteiger partial charge in [0.1, 0.15) is 11.4 Å². The lowest BCUT2D eigenvalue weighted by Gasteiger charge is -2.39. The van der Waals surface area contributed by atoms with Crippen LogP contribution >= 0.6 is 0 Å². The molecule has 2 saturated heterocycles. The quantitative estimate of drug-likeness (QED) is 0.573. The van der Waals surface area contributed by atoms with Crippen molar-refractivity contribution >= 4 is 22.6 Å². The maximum Gasteiger partial charge on any atom is 0.252 e. The zero-order chi connectivity index (χ0) is 22.2. The van der Waals surface area contributed by atoms with E-state index in [-0.39, 0.29) is 31.3 Å². The molecule has 2 aliphatic rings. The van der Waals surface area contributed by atoms with E-state index in [1.165, 1.54) is 0 Å². The number of carbonyl (C=O) groups is 2. The van der Waals surface area contributed by atoms with E-state index in [1.807, 2.05) is 13.8 Å². The predicted molar refractivity (Wildman–Crippen MR) is 112 cm³/mol. The van der Waals surface area contributed by atoms with Crippen LogP contribution in [0.1, 0.15) is 37.0 Å². The average molecular weight is 429 g/mol. The van der Waals surface area contributed by atoms with Gasteiger partial charge in [0.2, 0.25) is 11.8 Å². The van der Waals surface area contributed by atoms with Crippen molar-refractivity contribution in [3.63, 3.8) is 0 Å². The van der Waals surface area contributed by atoms with Crippen LogP contribution in [0.15, 0.2) is 24.4 Å². The lowest BCUT2D eigenvalue weighted by molar-refractivity contribution is -0.205. The van der Waals surface area contributed by atoms with Gasteiger partial charge in [-0.15, -0.1) is 0 Å². The molecule has 2 aliphatic heterocycles. The number of aromatic nitrogens is 1. The molecule has 2 atom stereocenters. The molecule has 3 heterocycles. The largest absolute Gasteiger partial charge is 0.490 e. The number of carbonyl (C=O) groups excluding carboxylic acids is 2. The van der Waals surface area contributed by atoms with Crippen LogP contribution in [-0.2, 0) is 9.53 Å². The summed E-state index contributed by atoms with van der Waals surface area (Å²) in [5.74, 6) is -0.371. The SMILES string of the molecule is CC(C)Oc1cc2c(OCC[C@@H]3CC(C4(O)COC4)C(=O)N3)nccc2cc1C(N)=O. The molecule has 2 fully saturated rings. The van der Waals surface area contributed by atoms with Gasteiger partial charge in [-0.05, 0) is 43.9 Å². The first-order valence-electron chi connectivity index (χ1n) is 10.4. The minimum absolute atomic E-state index is 0.0848. The van der Waals surface area contributed by atoms with Crippen molar-refractivity contribution in [3.05, 3.63) is 30.0 Å². The molecule has 2 amide bonds. The predicted octanol–water partition coefficient (Wildman–Crippen LogP) is 1.16. The minimum atomic E-state index is -1.05. The van der Waals surface area contributed by atoms with Gasteiger partial charge in [0.05, 0.1) is 37.4 Å². The number of benzene rings is 1. The van der Waals surface area contributed by atoms with Crippen LogP contribution in [0, 0.1) is 5.92 Å². The number of amides is 2. The second-order valence-electron chi connectivity index (χ2n) is 8.44. The fourth-order valence-electron chi connectivity index (χ4n) is 4.05. The van der Waals surface area contributed by atoms with E-state index >= 15 is 0 Å². The number of hydrogen-bond donors (Lipinski definition) is 3. The van der Waals surface area contributed by atoms with E-state index < -0.39 is 17.4 Å². The minimum Gasteiger partial charge on any atom is -0.490 e. The fraction of sp³-hybridized carbons (Fsp3) is 0.500. The molecular formula is C22H27N3O6. The topological polar surface area (TPSA) is 133 Å². The molecule has 0 bridgehead atoms. The molecule has 2 aromatic rings. The molecule has 1 aromatic carbocycles. The molecule has 9 heteroatoms. The van der Waals surface area contributed by atoms with E-state index in [9.17, 15) is 14.7 Å². The molecule has 31 heavy (non-hydrogen) atoms. The van der Waals surface area contributed by atoms with Crippen molar-refractivity contribution in [2.45, 2.75) is 44.4 Å². The van der Waals surface area contributed by atoms with Crippen LogP contribution in [0.25, 0.3) is 10.8 Å². The second kappa shape index (κ2) is 8.32. The Morgan fingerprint density at radius 3 is 2.84 bits per heavy atom. The highest BCUT2D eigenvalue weighted by Gasteiger charge is 2.51. The Labute approximate surface area is 179 Å². The Morgan fingerprint density at radius 1 is 1.42 bits per heavy atom. The van der Waals surface area contributed by atoms with Crippen molar-refractivity contribution in [2.24, 2.45) is 11.7 Å². The summed E-state index contributed by atoms with van der Waals surface area (Å²) >= 11 is 0. The highest BCUT2D eigenvalue weighted by atomic mass is 16.5. The number of ether oxygens (including phenoxy) is 3. The molecule has 0 aliphatic carbocycles. The van der Waals surface area contributed by atoms with Gasteiger partial charge in [-0.25, -0.2) is 4.98 Å². The van der Waals surface area contributed by atoms with Crippen molar-refractivity contribution < 1.29 is 28.9 Å². The smallest absolute Gasteiger partial charge is 0.252 e. The zero-order valence-corrected chi connectivity index (χ0v) is 17.6. The molecule has 0 saturated carbocycles. The Hall–Kier alpha value is -2.91. The van der Waals surface area contributed by atoms with Gasteiger partial charge in [-0.1, -0.05) is 0 Å². The first-order valence-corrected chi connectivity index (χ1v) is 10.4. The lowest BCUT2D eigenvalue weighted by atomic mass is 9.83. The zero-order valence-electron chi connectivity index (χ0n) is 17.6. The number of nitrogens with zero attached hydrogens (tertiary/aromatic N) is 1. The van der Waals surface area contributed by atoms with Crippen molar-refractivity contribution in [1.82, 2.24) is 10.3 Å². The molecule has 166 valence electrons. The molecular weight excluding hydrogens is 402 g/mol. The van der Waals surface area contributed by atoms with Gasteiger partial charge in [0, 0.05) is 24.0 Å². The highest BCUT2D eigenvalue weighted by molar-refractivity contribution is 6.01. The summed E-state index contributed by atoms with van der Waals surface area (Å²) in [5, 5.41) is 14.8. The summed E-state index contributed by atoms with van der Waals surface area (Å²) in [5.41, 5.74) is 4.76. The van der Waals surface area contributed by atoms with Crippen molar-refractivity contribution in [2.75, 3.05) is 19.8 Å². The Kier molecular flexibility index (Phi) is 5.72. The number of primary amides is 1. The van der Waals surface area contributed by atoms with E-state index in [4.69, 9.17) is 19.9 Å². The van der Waals surface area contributed by atoms with Gasteiger partial charge in [-0.3, -0.25) is 9.59 Å². The molecule has 9 nitrogen and oxygen atoms in total. The summed E-state index contributed by atoms with van der Waals surface area (Å²) in [4.78, 5) is 28.4. The number of nitrogens with two attached hydrogens (primary N) is 1. The number of fused-ring (bicyclic) bond motifs is 1. The average Bonchev–Trinajstić information content (AvgIpc) is 3.06. The van der Waals surface area contributed by atoms with Crippen LogP contribution in [0.2, 0.25) is 0 Å². The number of pyridine rings is 1. The van der Waals surface area contributed by atoms with Gasteiger partial charge < -0.3 is 30.4 Å². The van der Waals surface area contributed by atoms with Crippen LogP contribution in [0.3, 0.4) is 0 Å². The third-order valence-corrected chi connectivity index (χ3v) is 5.70. The third-order valence-electron chi connectivity index (χ3n) is 5.70. The molecule has 0 radical (unpaired) electrons. The maximum atomic E-state index is 12.2. The first-order chi connectivity index (χ1) is 14.8. The third kappa shape index (κ3) is 4.28. The summed E-state index contributed by atoms with van der Waals surface area (Å²) in [6.07, 6.45) is 2.59. The van der Waals surface area contributed by atoms with Crippen molar-refractivity contribution in [3.8, 4) is 11.6 Å². The summed E-state index contributed by atoms with van der Waals surface area (Å²) < 4.78 is 16.7. The van der Waals surface area contributed by atoms with E-state index in [0.29, 0.717) is 42.0 Å². The van der Waals surface area contributed by atoms with Crippen LogP contribution in [-0.4, -0.2) is 59.5 Å². The molecule has 4 N–H and O–H groups in total. The molecule has 4 rings (SSSR count). The normalized spacial score (nSPS) is 22.3.